The van der Waals surface area contributed by atoms with Gasteiger partial charge in [0, 0.05) is 61.5 Å². The molecule has 0 fully saturated rings. The Hall–Kier alpha value is -3.99. The molecule has 1 N–H and O–H groups in total. The summed E-state index contributed by atoms with van der Waals surface area (Å²) in [5.74, 6) is 1.33. The van der Waals surface area contributed by atoms with E-state index in [1.165, 1.54) is 17.0 Å². The SMILES string of the molecule is CCC(CC)C(=O)/C=C(\O)C(CC)CC.Cc1cnc(-c2[c-]c3ccccc3c(C(C)(C)C)c2)cc1-c1cc2oc3ccccc3c2o1.[Ir]. The van der Waals surface area contributed by atoms with Crippen LogP contribution in [-0.4, -0.2) is 15.9 Å². The smallest absolute Gasteiger partial charge is 0.181 e. The van der Waals surface area contributed by atoms with Gasteiger partial charge in [0.1, 0.15) is 11.3 Å². The van der Waals surface area contributed by atoms with E-state index in [1.807, 2.05) is 64.2 Å². The molecule has 6 rings (SSSR count). The molecular formula is C43H48IrNO4-. The van der Waals surface area contributed by atoms with Gasteiger partial charge in [0.2, 0.25) is 0 Å². The van der Waals surface area contributed by atoms with Gasteiger partial charge >= 0.3 is 0 Å². The summed E-state index contributed by atoms with van der Waals surface area (Å²) in [4.78, 5) is 16.5. The van der Waals surface area contributed by atoms with Gasteiger partial charge in [-0.3, -0.25) is 9.78 Å². The molecule has 49 heavy (non-hydrogen) atoms. The van der Waals surface area contributed by atoms with Crippen molar-refractivity contribution < 1.29 is 38.8 Å². The molecule has 0 bridgehead atoms. The largest absolute Gasteiger partial charge is 0.512 e. The van der Waals surface area contributed by atoms with E-state index in [4.69, 9.17) is 13.8 Å². The summed E-state index contributed by atoms with van der Waals surface area (Å²) in [5, 5.41) is 13.1. The number of allylic oxidation sites excluding steroid dienone is 2. The third kappa shape index (κ3) is 8.25. The number of aliphatic hydroxyl groups is 1. The standard InChI is InChI=1S/C30H24NO2.C13H24O2.Ir/c1-18-17-31-25(20-13-19-9-5-6-10-21(19)24(14-20)30(2,3)4)15-23(18)27-16-28-29(33-27)22-11-7-8-12-26(22)32-28;1-5-10(6-2)12(14)9-13(15)11(7-3)8-4;/h5-12,14-17H,1-4H3;9-11,14H,5-8H2,1-4H3;/q-1;;/b;12-9-;. The Bertz CT molecular complexity index is 2070. The molecular weight excluding hydrogens is 787 g/mol. The molecule has 3 aromatic carbocycles. The van der Waals surface area contributed by atoms with Crippen LogP contribution in [-0.2, 0) is 30.3 Å². The minimum absolute atomic E-state index is 0. The summed E-state index contributed by atoms with van der Waals surface area (Å²) >= 11 is 0. The second kappa shape index (κ2) is 16.1. The average Bonchev–Trinajstić information content (AvgIpc) is 3.64. The summed E-state index contributed by atoms with van der Waals surface area (Å²) in [6.07, 6.45) is 6.82. The van der Waals surface area contributed by atoms with Gasteiger partial charge in [0.25, 0.3) is 0 Å². The molecule has 0 spiro atoms. The Morgan fingerprint density at radius 2 is 1.49 bits per heavy atom. The molecule has 0 aliphatic heterocycles. The van der Waals surface area contributed by atoms with Crippen LogP contribution in [0.1, 0.15) is 85.3 Å². The van der Waals surface area contributed by atoms with Crippen molar-refractivity contribution in [3.05, 3.63) is 102 Å². The summed E-state index contributed by atoms with van der Waals surface area (Å²) < 4.78 is 12.3. The van der Waals surface area contributed by atoms with Crippen LogP contribution in [0.3, 0.4) is 0 Å². The number of rotatable bonds is 9. The van der Waals surface area contributed by atoms with Gasteiger partial charge in [-0.05, 0) is 55.7 Å². The predicted molar refractivity (Wildman–Crippen MR) is 198 cm³/mol. The van der Waals surface area contributed by atoms with E-state index in [2.05, 4.69) is 70.2 Å². The normalized spacial score (nSPS) is 12.1. The summed E-state index contributed by atoms with van der Waals surface area (Å²) in [7, 11) is 0. The van der Waals surface area contributed by atoms with Crippen molar-refractivity contribution in [2.45, 2.75) is 86.5 Å². The Morgan fingerprint density at radius 1 is 0.857 bits per heavy atom. The number of ketones is 1. The van der Waals surface area contributed by atoms with Gasteiger partial charge in [-0.1, -0.05) is 95.8 Å². The first-order valence-corrected chi connectivity index (χ1v) is 17.3. The topological polar surface area (TPSA) is 76.5 Å². The first kappa shape index (κ1) is 37.8. The number of fused-ring (bicyclic) bond motifs is 4. The second-order valence-electron chi connectivity index (χ2n) is 13.7. The van der Waals surface area contributed by atoms with E-state index in [-0.39, 0.29) is 48.9 Å². The first-order valence-electron chi connectivity index (χ1n) is 17.3. The van der Waals surface area contributed by atoms with Crippen molar-refractivity contribution in [1.29, 1.82) is 0 Å². The molecule has 1 radical (unpaired) electrons. The zero-order valence-electron chi connectivity index (χ0n) is 29.9. The van der Waals surface area contributed by atoms with E-state index in [0.29, 0.717) is 0 Å². The van der Waals surface area contributed by atoms with Gasteiger partial charge in [-0.25, -0.2) is 0 Å². The number of carbonyl (C=O) groups is 1. The van der Waals surface area contributed by atoms with E-state index in [0.717, 1.165) is 81.3 Å². The molecule has 3 heterocycles. The van der Waals surface area contributed by atoms with Crippen molar-refractivity contribution >= 4 is 38.7 Å². The number of para-hydroxylation sites is 1. The van der Waals surface area contributed by atoms with Crippen LogP contribution in [0.15, 0.2) is 93.6 Å². The van der Waals surface area contributed by atoms with E-state index >= 15 is 0 Å². The van der Waals surface area contributed by atoms with E-state index in [1.54, 1.807) is 0 Å². The van der Waals surface area contributed by atoms with Crippen LogP contribution < -0.4 is 0 Å². The third-order valence-corrected chi connectivity index (χ3v) is 9.36. The van der Waals surface area contributed by atoms with Crippen molar-refractivity contribution in [1.82, 2.24) is 4.98 Å². The van der Waals surface area contributed by atoms with Gasteiger partial charge in [-0.15, -0.1) is 29.1 Å². The number of pyridine rings is 1. The molecule has 0 saturated carbocycles. The van der Waals surface area contributed by atoms with Crippen LogP contribution in [0.4, 0.5) is 0 Å². The fourth-order valence-corrected chi connectivity index (χ4v) is 6.34. The predicted octanol–water partition coefficient (Wildman–Crippen LogP) is 12.3. The number of aryl methyl sites for hydroxylation is 1. The molecule has 0 atom stereocenters. The molecule has 6 heteroatoms. The zero-order valence-corrected chi connectivity index (χ0v) is 32.3. The number of hydrogen-bond donors (Lipinski definition) is 1. The summed E-state index contributed by atoms with van der Waals surface area (Å²) in [6, 6.07) is 26.3. The Kier molecular flexibility index (Phi) is 12.5. The quantitative estimate of drug-likeness (QED) is 0.0892. The molecule has 0 saturated heterocycles. The van der Waals surface area contributed by atoms with Gasteiger partial charge < -0.3 is 13.9 Å². The molecule has 0 aliphatic rings. The molecule has 6 aromatic rings. The molecule has 5 nitrogen and oxygen atoms in total. The van der Waals surface area contributed by atoms with E-state index < -0.39 is 0 Å². The van der Waals surface area contributed by atoms with Gasteiger partial charge in [-0.2, -0.15) is 0 Å². The van der Waals surface area contributed by atoms with Crippen molar-refractivity contribution in [2.24, 2.45) is 11.8 Å². The maximum Gasteiger partial charge on any atom is 0.181 e. The molecule has 3 aromatic heterocycles. The number of aromatic nitrogens is 1. The minimum atomic E-state index is 0. The van der Waals surface area contributed by atoms with Crippen molar-refractivity contribution in [3.63, 3.8) is 0 Å². The summed E-state index contributed by atoms with van der Waals surface area (Å²) in [6.45, 7) is 16.9. The average molecular weight is 835 g/mol. The number of nitrogens with zero attached hydrogens (tertiary/aromatic N) is 1. The first-order chi connectivity index (χ1) is 23.0. The molecule has 259 valence electrons. The third-order valence-electron chi connectivity index (χ3n) is 9.36. The summed E-state index contributed by atoms with van der Waals surface area (Å²) in [5.41, 5.74) is 7.60. The van der Waals surface area contributed by atoms with Crippen LogP contribution in [0.2, 0.25) is 0 Å². The van der Waals surface area contributed by atoms with Gasteiger partial charge in [0.05, 0.1) is 11.1 Å². The maximum absolute atomic E-state index is 11.7. The number of aliphatic hydroxyl groups excluding tert-OH is 1. The molecule has 0 aliphatic carbocycles. The van der Waals surface area contributed by atoms with Gasteiger partial charge in [0.15, 0.2) is 16.9 Å². The maximum atomic E-state index is 11.7. The Morgan fingerprint density at radius 3 is 2.14 bits per heavy atom. The van der Waals surface area contributed by atoms with E-state index in [9.17, 15) is 9.90 Å². The Balaban J connectivity index is 0.000000290. The number of benzene rings is 3. The molecule has 0 amide bonds. The fourth-order valence-electron chi connectivity index (χ4n) is 6.34. The van der Waals surface area contributed by atoms with Crippen LogP contribution in [0.25, 0.3) is 55.5 Å². The fraction of sp³-hybridized carbons (Fsp3) is 0.349. The zero-order chi connectivity index (χ0) is 34.6. The number of hydrogen-bond acceptors (Lipinski definition) is 5. The van der Waals surface area contributed by atoms with Crippen LogP contribution >= 0.6 is 0 Å². The van der Waals surface area contributed by atoms with Crippen molar-refractivity contribution in [2.75, 3.05) is 0 Å². The van der Waals surface area contributed by atoms with Crippen LogP contribution in [0.5, 0.6) is 0 Å². The Labute approximate surface area is 304 Å². The number of furan rings is 2. The molecule has 0 unspecified atom stereocenters. The van der Waals surface area contributed by atoms with Crippen molar-refractivity contribution in [3.8, 4) is 22.6 Å². The van der Waals surface area contributed by atoms with Crippen LogP contribution in [0, 0.1) is 24.8 Å². The number of carbonyl (C=O) groups excluding carboxylic acids is 1. The second-order valence-corrected chi connectivity index (χ2v) is 13.7. The minimum Gasteiger partial charge on any atom is -0.512 e. The monoisotopic (exact) mass is 835 g/mol.